The Morgan fingerprint density at radius 3 is 1.66 bits per heavy atom. The molecule has 0 saturated heterocycles. The number of anilines is 1. The van der Waals surface area contributed by atoms with Gasteiger partial charge in [0.1, 0.15) is 5.00 Å². The minimum absolute atomic E-state index is 0.0282. The van der Waals surface area contributed by atoms with E-state index in [9.17, 15) is 66.7 Å². The van der Waals surface area contributed by atoms with Crippen LogP contribution in [0, 0.1) is 6.92 Å². The number of hydrogen-bond acceptors (Lipinski definition) is 4. The first kappa shape index (κ1) is 30.8. The third-order valence-corrected chi connectivity index (χ3v) is 5.55. The fourth-order valence-corrected chi connectivity index (χ4v) is 3.73. The Labute approximate surface area is 191 Å². The Bertz CT molecular complexity index is 969. The minimum Gasteiger partial charge on any atom is -0.462 e. The quantitative estimate of drug-likeness (QED) is 0.279. The number of esters is 1. The van der Waals surface area contributed by atoms with Crippen molar-refractivity contribution in [3.8, 4) is 0 Å². The lowest BCUT2D eigenvalue weighted by molar-refractivity contribution is -0.435. The normalized spacial score (nSPS) is 14.2. The van der Waals surface area contributed by atoms with Gasteiger partial charge in [0.05, 0.1) is 12.2 Å². The predicted octanol–water partition coefficient (Wildman–Crippen LogP) is 6.47. The molecule has 35 heavy (non-hydrogen) atoms. The fourth-order valence-electron chi connectivity index (χ4n) is 2.61. The molecule has 0 unspecified atom stereocenters. The van der Waals surface area contributed by atoms with Crippen molar-refractivity contribution in [1.29, 1.82) is 0 Å². The summed E-state index contributed by atoms with van der Waals surface area (Å²) in [5.41, 5.74) is -0.648. The van der Waals surface area contributed by atoms with Gasteiger partial charge in [-0.2, -0.15) is 57.1 Å². The molecular weight excluding hydrogens is 545 g/mol. The zero-order chi connectivity index (χ0) is 28.0. The number of aryl methyl sites for hydroxylation is 1. The molecule has 0 saturated carbocycles. The van der Waals surface area contributed by atoms with Gasteiger partial charge < -0.3 is 10.1 Å². The summed E-state index contributed by atoms with van der Waals surface area (Å²) < 4.78 is 176. The second-order valence-electron chi connectivity index (χ2n) is 6.74. The first-order valence-electron chi connectivity index (χ1n) is 9.03. The molecular formula is C17H14F13NO3S. The van der Waals surface area contributed by atoms with Gasteiger partial charge in [-0.15, -0.1) is 11.3 Å². The smallest absolute Gasteiger partial charge is 0.460 e. The lowest BCUT2D eigenvalue weighted by Gasteiger charge is -2.39. The average Bonchev–Trinajstić information content (AvgIpc) is 3.01. The van der Waals surface area contributed by atoms with E-state index in [0.717, 1.165) is 5.32 Å². The topological polar surface area (TPSA) is 55.4 Å². The lowest BCUT2D eigenvalue weighted by atomic mass is 9.93. The number of halogens is 13. The molecule has 1 aromatic heterocycles. The van der Waals surface area contributed by atoms with Crippen LogP contribution in [0.3, 0.4) is 0 Å². The summed E-state index contributed by atoms with van der Waals surface area (Å²) >= 11 is 0.280. The molecule has 1 aromatic rings. The van der Waals surface area contributed by atoms with Gasteiger partial charge in [-0.1, -0.05) is 6.92 Å². The van der Waals surface area contributed by atoms with E-state index in [1.807, 2.05) is 0 Å². The summed E-state index contributed by atoms with van der Waals surface area (Å²) in [5.74, 6) is -43.7. The second kappa shape index (κ2) is 9.31. The van der Waals surface area contributed by atoms with Crippen LogP contribution in [0.2, 0.25) is 0 Å². The summed E-state index contributed by atoms with van der Waals surface area (Å²) in [4.78, 5) is 24.0. The van der Waals surface area contributed by atoms with Crippen molar-refractivity contribution in [2.24, 2.45) is 0 Å². The van der Waals surface area contributed by atoms with Crippen LogP contribution in [0.5, 0.6) is 0 Å². The number of thiophene rings is 1. The Morgan fingerprint density at radius 2 is 1.26 bits per heavy atom. The summed E-state index contributed by atoms with van der Waals surface area (Å²) in [6.07, 6.45) is -7.59. The van der Waals surface area contributed by atoms with E-state index in [0.29, 0.717) is 0 Å². The SMILES string of the molecule is CCOC(=O)c1c(NC(=O)C(F)(F)C(F)(F)C(F)(F)C(F)(F)C(F)(F)C(F)(F)F)sc(C)c1CC. The highest BCUT2D eigenvalue weighted by molar-refractivity contribution is 7.16. The molecule has 4 nitrogen and oxygen atoms in total. The molecule has 0 spiro atoms. The number of amides is 1. The summed E-state index contributed by atoms with van der Waals surface area (Å²) in [7, 11) is 0. The number of alkyl halides is 13. The largest absolute Gasteiger partial charge is 0.462 e. The van der Waals surface area contributed by atoms with Gasteiger partial charge in [-0.3, -0.25) is 4.79 Å². The molecule has 18 heteroatoms. The van der Waals surface area contributed by atoms with Crippen LogP contribution in [0.15, 0.2) is 0 Å². The standard InChI is InChI=1S/C17H14F13NO3S/c1-4-7-6(3)35-9(8(7)10(32)34-5-2)31-11(33)12(18,19)13(20,21)14(22,23)15(24,25)16(26,27)17(28,29)30/h4-5H2,1-3H3,(H,31,33). The molecule has 0 aliphatic rings. The number of hydrogen-bond donors (Lipinski definition) is 1. The Morgan fingerprint density at radius 1 is 0.800 bits per heavy atom. The first-order chi connectivity index (χ1) is 15.5. The first-order valence-corrected chi connectivity index (χ1v) is 9.85. The molecule has 202 valence electrons. The molecule has 1 amide bonds. The highest BCUT2D eigenvalue weighted by Crippen LogP contribution is 2.60. The van der Waals surface area contributed by atoms with E-state index in [1.54, 1.807) is 0 Å². The Balaban J connectivity index is 3.54. The molecule has 1 N–H and O–H groups in total. The second-order valence-corrected chi connectivity index (χ2v) is 7.96. The number of ether oxygens (including phenoxy) is 1. The molecule has 0 radical (unpaired) electrons. The van der Waals surface area contributed by atoms with Gasteiger partial charge in [-0.05, 0) is 25.8 Å². The van der Waals surface area contributed by atoms with Crippen LogP contribution >= 0.6 is 11.3 Å². The third kappa shape index (κ3) is 4.64. The maximum atomic E-state index is 14.0. The maximum Gasteiger partial charge on any atom is 0.460 e. The summed E-state index contributed by atoms with van der Waals surface area (Å²) in [6, 6.07) is 0. The average molecular weight is 559 g/mol. The van der Waals surface area contributed by atoms with Gasteiger partial charge in [0.2, 0.25) is 0 Å². The van der Waals surface area contributed by atoms with E-state index >= 15 is 0 Å². The van der Waals surface area contributed by atoms with Gasteiger partial charge >= 0.3 is 47.7 Å². The third-order valence-electron chi connectivity index (χ3n) is 4.49. The van der Waals surface area contributed by atoms with E-state index in [-0.39, 0.29) is 34.8 Å². The summed E-state index contributed by atoms with van der Waals surface area (Å²) in [5, 5.41) is -0.0327. The maximum absolute atomic E-state index is 14.0. The molecule has 0 aliphatic carbocycles. The van der Waals surface area contributed by atoms with E-state index in [1.165, 1.54) is 20.8 Å². The van der Waals surface area contributed by atoms with Gasteiger partial charge in [0, 0.05) is 4.88 Å². The Kier molecular flexibility index (Phi) is 8.18. The zero-order valence-corrected chi connectivity index (χ0v) is 18.3. The molecule has 0 aromatic carbocycles. The molecule has 0 fully saturated rings. The van der Waals surface area contributed by atoms with Gasteiger partial charge in [0.25, 0.3) is 0 Å². The zero-order valence-electron chi connectivity index (χ0n) is 17.5. The van der Waals surface area contributed by atoms with Gasteiger partial charge in [-0.25, -0.2) is 4.79 Å². The van der Waals surface area contributed by atoms with Crippen molar-refractivity contribution in [3.05, 3.63) is 16.0 Å². The molecule has 1 heterocycles. The van der Waals surface area contributed by atoms with Crippen LogP contribution in [0.4, 0.5) is 62.1 Å². The van der Waals surface area contributed by atoms with Crippen LogP contribution in [0.25, 0.3) is 0 Å². The van der Waals surface area contributed by atoms with Crippen molar-refractivity contribution in [3.63, 3.8) is 0 Å². The van der Waals surface area contributed by atoms with Crippen LogP contribution in [-0.2, 0) is 16.0 Å². The minimum atomic E-state index is -8.13. The number of nitrogens with one attached hydrogen (secondary N) is 1. The van der Waals surface area contributed by atoms with E-state index < -0.39 is 58.2 Å². The number of carbonyl (C=O) groups excluding carboxylic acids is 2. The van der Waals surface area contributed by atoms with Crippen molar-refractivity contribution >= 4 is 28.2 Å². The molecule has 1 rings (SSSR count). The Hall–Kier alpha value is -2.27. The molecule has 0 atom stereocenters. The van der Waals surface area contributed by atoms with E-state index in [2.05, 4.69) is 4.74 Å². The van der Waals surface area contributed by atoms with Crippen molar-refractivity contribution in [2.45, 2.75) is 63.0 Å². The molecule has 0 aliphatic heterocycles. The van der Waals surface area contributed by atoms with E-state index in [4.69, 9.17) is 0 Å². The lowest BCUT2D eigenvalue weighted by Crippen LogP contribution is -2.71. The van der Waals surface area contributed by atoms with Crippen molar-refractivity contribution < 1.29 is 71.4 Å². The number of carbonyl (C=O) groups is 2. The van der Waals surface area contributed by atoms with Crippen molar-refractivity contribution in [1.82, 2.24) is 0 Å². The fraction of sp³-hybridized carbons (Fsp3) is 0.647. The van der Waals surface area contributed by atoms with Crippen LogP contribution in [-0.4, -0.2) is 54.3 Å². The highest BCUT2D eigenvalue weighted by Gasteiger charge is 2.91. The molecule has 0 bridgehead atoms. The monoisotopic (exact) mass is 559 g/mol. The number of rotatable bonds is 9. The summed E-state index contributed by atoms with van der Waals surface area (Å²) in [6.45, 7) is 3.64. The van der Waals surface area contributed by atoms with Crippen LogP contribution in [0.1, 0.15) is 34.6 Å². The predicted molar refractivity (Wildman–Crippen MR) is 93.8 cm³/mol. The van der Waals surface area contributed by atoms with Crippen molar-refractivity contribution in [2.75, 3.05) is 11.9 Å². The van der Waals surface area contributed by atoms with Gasteiger partial charge in [0.15, 0.2) is 0 Å². The highest BCUT2D eigenvalue weighted by atomic mass is 32.1. The van der Waals surface area contributed by atoms with Crippen LogP contribution < -0.4 is 5.32 Å².